The van der Waals surface area contributed by atoms with Gasteiger partial charge in [0.05, 0.1) is 71.5 Å². The summed E-state index contributed by atoms with van der Waals surface area (Å²) in [4.78, 5) is 18.0. The molecule has 0 bridgehead atoms. The van der Waals surface area contributed by atoms with Crippen LogP contribution in [0.1, 0.15) is 50.5 Å². The van der Waals surface area contributed by atoms with Gasteiger partial charge in [-0.25, -0.2) is 12.7 Å². The first kappa shape index (κ1) is 49.7. The minimum Gasteiger partial charge on any atom is -0.497 e. The van der Waals surface area contributed by atoms with Crippen LogP contribution in [0.15, 0.2) is 199 Å². The highest BCUT2D eigenvalue weighted by Gasteiger charge is 2.78. The van der Waals surface area contributed by atoms with Crippen LogP contribution in [0.4, 0.5) is 0 Å². The van der Waals surface area contributed by atoms with Crippen molar-refractivity contribution in [1.29, 1.82) is 0 Å². The van der Waals surface area contributed by atoms with Gasteiger partial charge in [-0.15, -0.1) is 0 Å². The Balaban J connectivity index is 1.69. The summed E-state index contributed by atoms with van der Waals surface area (Å²) in [5, 5.41) is 0. The fraction of sp³-hybridized carbons (Fsp3) is 0.197. The molecule has 0 aromatic heterocycles. The number of ether oxygens (including phenoxy) is 7. The molecule has 1 unspecified atom stereocenters. The topological polar surface area (TPSA) is 119 Å². The summed E-state index contributed by atoms with van der Waals surface area (Å²) >= 11 is 0. The van der Waals surface area contributed by atoms with E-state index >= 15 is 13.2 Å². The molecular formula is C61H57NO10S. The molecule has 1 atom stereocenters. The highest BCUT2D eigenvalue weighted by atomic mass is 32.2. The number of hydrogen-bond donors (Lipinski definition) is 0. The zero-order valence-corrected chi connectivity index (χ0v) is 42.8. The van der Waals surface area contributed by atoms with Gasteiger partial charge in [0.25, 0.3) is 15.9 Å². The third kappa shape index (κ3) is 7.88. The number of methoxy groups -OCH3 is 7. The first-order valence-electron chi connectivity index (χ1n) is 23.6. The molecular weight excluding hydrogens is 939 g/mol. The fourth-order valence-corrected chi connectivity index (χ4v) is 12.9. The molecule has 0 N–H and O–H groups in total. The average Bonchev–Trinajstić information content (AvgIpc) is 3.50. The summed E-state index contributed by atoms with van der Waals surface area (Å²) in [7, 11) is 6.23. The molecule has 73 heavy (non-hydrogen) atoms. The molecule has 1 heterocycles. The number of nitrogens with zero attached hydrogens (tertiary/aromatic N) is 1. The number of aryl methyl sites for hydroxylation is 1. The van der Waals surface area contributed by atoms with Crippen molar-refractivity contribution in [3.63, 3.8) is 0 Å². The summed E-state index contributed by atoms with van der Waals surface area (Å²) < 4.78 is 75.5. The van der Waals surface area contributed by atoms with Crippen LogP contribution in [0.25, 0.3) is 0 Å². The maximum Gasteiger partial charge on any atom is 0.267 e. The smallest absolute Gasteiger partial charge is 0.267 e. The Bertz CT molecular complexity index is 3150. The highest BCUT2D eigenvalue weighted by molar-refractivity contribution is 7.89. The molecule has 1 saturated heterocycles. The van der Waals surface area contributed by atoms with Crippen LogP contribution in [0, 0.1) is 6.92 Å². The van der Waals surface area contributed by atoms with Crippen molar-refractivity contribution >= 4 is 15.9 Å². The van der Waals surface area contributed by atoms with Crippen LogP contribution < -0.4 is 33.2 Å². The predicted octanol–water partition coefficient (Wildman–Crippen LogP) is 11.3. The van der Waals surface area contributed by atoms with Crippen molar-refractivity contribution in [1.82, 2.24) is 4.31 Å². The van der Waals surface area contributed by atoms with Gasteiger partial charge in [-0.05, 0) is 143 Å². The van der Waals surface area contributed by atoms with E-state index in [0.29, 0.717) is 79.2 Å². The summed E-state index contributed by atoms with van der Waals surface area (Å²) in [5.74, 6) is 3.06. The van der Waals surface area contributed by atoms with Gasteiger partial charge in [0.2, 0.25) is 0 Å². The Morgan fingerprint density at radius 1 is 0.370 bits per heavy atom. The SMILES string of the molecule is COc1ccc(C2N(S(=O)(=O)c3ccc(C)cc3)C(=O)C(c3ccc(OC)cc3)(c3ccc(OC)cc3)C(c3ccc(OC)cc3)(c3ccc(OC)cc3)C2(c2ccc(OC)cc2)c2ccc(OC)cc2)cc1. The van der Waals surface area contributed by atoms with Crippen molar-refractivity contribution < 1.29 is 46.4 Å². The van der Waals surface area contributed by atoms with E-state index in [4.69, 9.17) is 33.2 Å². The van der Waals surface area contributed by atoms with Crippen molar-refractivity contribution in [3.8, 4) is 40.2 Å². The lowest BCUT2D eigenvalue weighted by atomic mass is 9.36. The second-order valence-electron chi connectivity index (χ2n) is 17.8. The zero-order chi connectivity index (χ0) is 51.5. The number of rotatable bonds is 16. The number of benzene rings is 8. The second-order valence-corrected chi connectivity index (χ2v) is 19.6. The Morgan fingerprint density at radius 3 is 0.945 bits per heavy atom. The minimum atomic E-state index is -4.89. The Morgan fingerprint density at radius 2 is 0.644 bits per heavy atom. The summed E-state index contributed by atoms with van der Waals surface area (Å²) in [6, 6.07) is 57.9. The van der Waals surface area contributed by atoms with Crippen LogP contribution >= 0.6 is 0 Å². The molecule has 0 radical (unpaired) electrons. The predicted molar refractivity (Wildman–Crippen MR) is 281 cm³/mol. The van der Waals surface area contributed by atoms with E-state index in [1.807, 2.05) is 140 Å². The Kier molecular flexibility index (Phi) is 13.7. The molecule has 1 amide bonds. The van der Waals surface area contributed by atoms with E-state index in [0.717, 1.165) is 9.87 Å². The van der Waals surface area contributed by atoms with Gasteiger partial charge >= 0.3 is 0 Å². The van der Waals surface area contributed by atoms with Crippen molar-refractivity contribution in [2.24, 2.45) is 0 Å². The van der Waals surface area contributed by atoms with Gasteiger partial charge < -0.3 is 33.2 Å². The van der Waals surface area contributed by atoms with Crippen LogP contribution in [0.3, 0.4) is 0 Å². The molecule has 9 rings (SSSR count). The number of hydrogen-bond acceptors (Lipinski definition) is 10. The molecule has 1 aliphatic heterocycles. The van der Waals surface area contributed by atoms with E-state index in [1.54, 1.807) is 110 Å². The van der Waals surface area contributed by atoms with E-state index in [1.165, 1.54) is 0 Å². The molecule has 0 saturated carbocycles. The van der Waals surface area contributed by atoms with E-state index < -0.39 is 38.2 Å². The molecule has 1 fully saturated rings. The fourth-order valence-electron chi connectivity index (χ4n) is 11.3. The lowest BCUT2D eigenvalue weighted by Crippen LogP contribution is -2.76. The third-order valence-corrected chi connectivity index (χ3v) is 16.3. The molecule has 8 aromatic carbocycles. The van der Waals surface area contributed by atoms with Crippen LogP contribution in [0.2, 0.25) is 0 Å². The number of amides is 1. The van der Waals surface area contributed by atoms with E-state index in [2.05, 4.69) is 0 Å². The largest absolute Gasteiger partial charge is 0.497 e. The molecule has 11 nitrogen and oxygen atoms in total. The summed E-state index contributed by atoms with van der Waals surface area (Å²) in [6.07, 6.45) is 0. The monoisotopic (exact) mass is 995 g/mol. The first-order chi connectivity index (χ1) is 35.4. The number of carbonyl (C=O) groups is 1. The van der Waals surface area contributed by atoms with Gasteiger partial charge in [-0.2, -0.15) is 0 Å². The average molecular weight is 996 g/mol. The molecule has 0 aliphatic carbocycles. The number of sulfonamides is 1. The normalized spacial score (nSPS) is 15.7. The highest BCUT2D eigenvalue weighted by Crippen LogP contribution is 2.73. The minimum absolute atomic E-state index is 0.0805. The van der Waals surface area contributed by atoms with Crippen LogP contribution in [-0.4, -0.2) is 68.4 Å². The molecule has 12 heteroatoms. The van der Waals surface area contributed by atoms with Gasteiger partial charge in [0.15, 0.2) is 0 Å². The van der Waals surface area contributed by atoms with Crippen LogP contribution in [-0.2, 0) is 31.1 Å². The van der Waals surface area contributed by atoms with Crippen molar-refractivity contribution in [2.75, 3.05) is 49.8 Å². The molecule has 1 aliphatic rings. The quantitative estimate of drug-likeness (QED) is 0.0925. The Hall–Kier alpha value is -8.22. The molecule has 8 aromatic rings. The van der Waals surface area contributed by atoms with E-state index in [9.17, 15) is 0 Å². The number of carbonyl (C=O) groups excluding carboxylic acids is 1. The van der Waals surface area contributed by atoms with E-state index in [-0.39, 0.29) is 4.90 Å². The van der Waals surface area contributed by atoms with Gasteiger partial charge in [-0.1, -0.05) is 103 Å². The summed E-state index contributed by atoms with van der Waals surface area (Å²) in [6.45, 7) is 1.89. The third-order valence-electron chi connectivity index (χ3n) is 14.5. The van der Waals surface area contributed by atoms with Crippen LogP contribution in [0.5, 0.6) is 40.2 Å². The van der Waals surface area contributed by atoms with Gasteiger partial charge in [0, 0.05) is 0 Å². The maximum absolute atomic E-state index is 18.1. The lowest BCUT2D eigenvalue weighted by Gasteiger charge is -2.68. The maximum atomic E-state index is 18.1. The standard InChI is InChI=1S/C61H57NO10S/c1-41-9-39-56(40-10-41)73(64,65)62-57(42-11-25-49(66-2)26-12-42)59(43-13-27-50(67-3)28-14-43,44-15-29-51(68-4)30-16-44)61(47-21-35-54(71-7)36-22-47,48-23-37-55(72-8)38-24-48)60(58(62)63,45-17-31-52(69-5)32-18-45)46-19-33-53(70-6)34-20-46/h9-40,57H,1-8H3. The first-order valence-corrected chi connectivity index (χ1v) is 25.0. The summed E-state index contributed by atoms with van der Waals surface area (Å²) in [5.41, 5.74) is -0.811. The zero-order valence-electron chi connectivity index (χ0n) is 42.0. The number of piperidine rings is 1. The molecule has 0 spiro atoms. The van der Waals surface area contributed by atoms with Gasteiger partial charge in [0.1, 0.15) is 45.7 Å². The Labute approximate surface area is 427 Å². The lowest BCUT2D eigenvalue weighted by molar-refractivity contribution is -0.144. The van der Waals surface area contributed by atoms with Crippen molar-refractivity contribution in [3.05, 3.63) is 239 Å². The van der Waals surface area contributed by atoms with Crippen molar-refractivity contribution in [2.45, 2.75) is 34.1 Å². The second kappa shape index (κ2) is 20.1. The molecule has 372 valence electrons. The van der Waals surface area contributed by atoms with Gasteiger partial charge in [-0.3, -0.25) is 4.79 Å².